The number of aromatic hydroxyl groups is 2. The number of phenolic OH excluding ortho intramolecular Hbond substituents is 2. The van der Waals surface area contributed by atoms with Gasteiger partial charge in [0, 0.05) is 17.2 Å². The maximum absolute atomic E-state index is 9.62. The third-order valence-corrected chi connectivity index (χ3v) is 3.27. The van der Waals surface area contributed by atoms with E-state index in [1.165, 1.54) is 0 Å². The molecule has 2 aromatic carbocycles. The Balaban J connectivity index is 2.31. The van der Waals surface area contributed by atoms with E-state index in [1.54, 1.807) is 24.3 Å². The zero-order chi connectivity index (χ0) is 12.9. The Bertz CT molecular complexity index is 630. The predicted molar refractivity (Wildman–Crippen MR) is 68.9 cm³/mol. The molecule has 1 aliphatic heterocycles. The Kier molecular flexibility index (Phi) is 2.08. The van der Waals surface area contributed by atoms with E-state index in [0.29, 0.717) is 5.75 Å². The van der Waals surface area contributed by atoms with Gasteiger partial charge in [-0.2, -0.15) is 0 Å². The molecule has 0 aliphatic carbocycles. The minimum atomic E-state index is -0.533. The first-order valence-corrected chi connectivity index (χ1v) is 5.83. The van der Waals surface area contributed by atoms with Crippen LogP contribution in [0.1, 0.15) is 19.4 Å². The Morgan fingerprint density at radius 1 is 0.889 bits per heavy atom. The lowest BCUT2D eigenvalue weighted by molar-refractivity contribution is 0.105. The van der Waals surface area contributed by atoms with Crippen molar-refractivity contribution in [3.8, 4) is 28.4 Å². The summed E-state index contributed by atoms with van der Waals surface area (Å²) in [5.74, 6) is 1.08. The molecule has 2 N–H and O–H groups in total. The predicted octanol–water partition coefficient (Wildman–Crippen LogP) is 3.39. The second-order valence-electron chi connectivity index (χ2n) is 5.02. The van der Waals surface area contributed by atoms with Crippen molar-refractivity contribution in [3.63, 3.8) is 0 Å². The number of rotatable bonds is 0. The van der Waals surface area contributed by atoms with Crippen molar-refractivity contribution >= 4 is 0 Å². The molecule has 3 nitrogen and oxygen atoms in total. The molecule has 0 aromatic heterocycles. The molecule has 0 unspecified atom stereocenters. The van der Waals surface area contributed by atoms with E-state index in [0.717, 1.165) is 16.7 Å². The van der Waals surface area contributed by atoms with E-state index >= 15 is 0 Å². The Morgan fingerprint density at radius 2 is 1.50 bits per heavy atom. The van der Waals surface area contributed by atoms with Crippen molar-refractivity contribution in [1.82, 2.24) is 0 Å². The molecule has 0 saturated carbocycles. The van der Waals surface area contributed by atoms with Gasteiger partial charge >= 0.3 is 0 Å². The van der Waals surface area contributed by atoms with E-state index in [-0.39, 0.29) is 11.5 Å². The molecule has 0 fully saturated rings. The molecular formula is C15H14O3. The number of phenols is 2. The average molecular weight is 242 g/mol. The molecule has 2 aromatic rings. The summed E-state index contributed by atoms with van der Waals surface area (Å²) in [7, 11) is 0. The normalized spacial score (nSPS) is 15.4. The molecule has 18 heavy (non-hydrogen) atoms. The third-order valence-electron chi connectivity index (χ3n) is 3.27. The van der Waals surface area contributed by atoms with Crippen molar-refractivity contribution in [2.24, 2.45) is 0 Å². The monoisotopic (exact) mass is 242 g/mol. The van der Waals surface area contributed by atoms with Crippen molar-refractivity contribution in [2.75, 3.05) is 0 Å². The first kappa shape index (κ1) is 11.0. The van der Waals surface area contributed by atoms with Crippen LogP contribution in [0.4, 0.5) is 0 Å². The van der Waals surface area contributed by atoms with Gasteiger partial charge in [0.1, 0.15) is 22.8 Å². The second kappa shape index (κ2) is 3.42. The zero-order valence-corrected chi connectivity index (χ0v) is 10.3. The van der Waals surface area contributed by atoms with Crippen LogP contribution in [0.5, 0.6) is 17.2 Å². The largest absolute Gasteiger partial charge is 0.508 e. The highest BCUT2D eigenvalue weighted by Crippen LogP contribution is 2.46. The van der Waals surface area contributed by atoms with Gasteiger partial charge in [-0.15, -0.1) is 0 Å². The molecule has 0 amide bonds. The van der Waals surface area contributed by atoms with Crippen molar-refractivity contribution in [3.05, 3.63) is 42.0 Å². The maximum Gasteiger partial charge on any atom is 0.132 e. The van der Waals surface area contributed by atoms with Gasteiger partial charge in [-0.1, -0.05) is 6.07 Å². The average Bonchev–Trinajstić information content (AvgIpc) is 2.28. The lowest BCUT2D eigenvalue weighted by Crippen LogP contribution is -2.29. The molecule has 1 heterocycles. The first-order chi connectivity index (χ1) is 8.47. The molecule has 0 radical (unpaired) electrons. The minimum absolute atomic E-state index is 0.187. The molecule has 0 spiro atoms. The summed E-state index contributed by atoms with van der Waals surface area (Å²) >= 11 is 0. The summed E-state index contributed by atoms with van der Waals surface area (Å²) < 4.78 is 5.91. The molecular weight excluding hydrogens is 228 g/mol. The van der Waals surface area contributed by atoms with Crippen LogP contribution >= 0.6 is 0 Å². The number of ether oxygens (including phenoxy) is 1. The topological polar surface area (TPSA) is 49.7 Å². The number of hydrogen-bond acceptors (Lipinski definition) is 3. The second-order valence-corrected chi connectivity index (χ2v) is 5.02. The molecule has 3 heteroatoms. The fourth-order valence-electron chi connectivity index (χ4n) is 2.41. The molecule has 0 bridgehead atoms. The minimum Gasteiger partial charge on any atom is -0.508 e. The Hall–Kier alpha value is -2.16. The van der Waals surface area contributed by atoms with Gasteiger partial charge in [0.2, 0.25) is 0 Å². The summed E-state index contributed by atoms with van der Waals surface area (Å²) in [5.41, 5.74) is 2.37. The van der Waals surface area contributed by atoms with E-state index in [1.807, 2.05) is 26.0 Å². The van der Waals surface area contributed by atoms with Crippen LogP contribution in [0.2, 0.25) is 0 Å². The van der Waals surface area contributed by atoms with Crippen molar-refractivity contribution in [1.29, 1.82) is 0 Å². The molecule has 0 atom stereocenters. The van der Waals surface area contributed by atoms with Crippen molar-refractivity contribution in [2.45, 2.75) is 19.4 Å². The summed E-state index contributed by atoms with van der Waals surface area (Å²) in [6.07, 6.45) is 0. The van der Waals surface area contributed by atoms with Crippen LogP contribution in [-0.4, -0.2) is 10.2 Å². The van der Waals surface area contributed by atoms with Crippen LogP contribution in [0.25, 0.3) is 11.1 Å². The zero-order valence-electron chi connectivity index (χ0n) is 10.3. The van der Waals surface area contributed by atoms with Crippen LogP contribution in [-0.2, 0) is 5.60 Å². The summed E-state index contributed by atoms with van der Waals surface area (Å²) in [4.78, 5) is 0. The number of hydrogen-bond donors (Lipinski definition) is 2. The van der Waals surface area contributed by atoms with Gasteiger partial charge in [-0.25, -0.2) is 0 Å². The highest BCUT2D eigenvalue weighted by Gasteiger charge is 2.32. The lowest BCUT2D eigenvalue weighted by Gasteiger charge is -2.35. The Morgan fingerprint density at radius 3 is 2.22 bits per heavy atom. The third kappa shape index (κ3) is 1.51. The van der Waals surface area contributed by atoms with Gasteiger partial charge in [0.25, 0.3) is 0 Å². The highest BCUT2D eigenvalue weighted by atomic mass is 16.5. The lowest BCUT2D eigenvalue weighted by atomic mass is 9.86. The quantitative estimate of drug-likeness (QED) is 0.744. The van der Waals surface area contributed by atoms with Gasteiger partial charge in [0.05, 0.1) is 0 Å². The van der Waals surface area contributed by atoms with E-state index < -0.39 is 5.60 Å². The van der Waals surface area contributed by atoms with E-state index in [4.69, 9.17) is 4.74 Å². The number of benzene rings is 2. The molecule has 1 aliphatic rings. The van der Waals surface area contributed by atoms with Crippen LogP contribution in [0, 0.1) is 0 Å². The van der Waals surface area contributed by atoms with Crippen molar-refractivity contribution < 1.29 is 14.9 Å². The fraction of sp³-hybridized carbons (Fsp3) is 0.200. The summed E-state index contributed by atoms with van der Waals surface area (Å²) in [5, 5.41) is 19.1. The Labute approximate surface area is 105 Å². The van der Waals surface area contributed by atoms with Gasteiger partial charge in [-0.3, -0.25) is 0 Å². The molecule has 92 valence electrons. The highest BCUT2D eigenvalue weighted by molar-refractivity contribution is 5.77. The molecule has 0 saturated heterocycles. The maximum atomic E-state index is 9.62. The SMILES string of the molecule is CC1(C)Oc2cc(O)ccc2-c2ccc(O)cc21. The smallest absolute Gasteiger partial charge is 0.132 e. The van der Waals surface area contributed by atoms with Gasteiger partial charge in [-0.05, 0) is 43.7 Å². The summed E-state index contributed by atoms with van der Waals surface area (Å²) in [6, 6.07) is 10.4. The fourth-order valence-corrected chi connectivity index (χ4v) is 2.41. The van der Waals surface area contributed by atoms with Crippen LogP contribution in [0.15, 0.2) is 36.4 Å². The molecule has 3 rings (SSSR count). The summed E-state index contributed by atoms with van der Waals surface area (Å²) in [6.45, 7) is 3.89. The van der Waals surface area contributed by atoms with Gasteiger partial charge in [0.15, 0.2) is 0 Å². The standard InChI is InChI=1S/C15H14O3/c1-15(2)13-7-9(16)3-5-11(13)12-6-4-10(17)8-14(12)18-15/h3-8,16-17H,1-2H3. The van der Waals surface area contributed by atoms with Crippen LogP contribution in [0.3, 0.4) is 0 Å². The van der Waals surface area contributed by atoms with E-state index in [9.17, 15) is 10.2 Å². The van der Waals surface area contributed by atoms with E-state index in [2.05, 4.69) is 0 Å². The first-order valence-electron chi connectivity index (χ1n) is 5.83. The number of fused-ring (bicyclic) bond motifs is 3. The van der Waals surface area contributed by atoms with Crippen LogP contribution < -0.4 is 4.74 Å². The van der Waals surface area contributed by atoms with Gasteiger partial charge < -0.3 is 14.9 Å².